The molecule has 0 aliphatic rings. The molecule has 0 aliphatic heterocycles. The normalized spacial score (nSPS) is 10.0. The predicted octanol–water partition coefficient (Wildman–Crippen LogP) is 4.38. The van der Waals surface area contributed by atoms with Crippen molar-refractivity contribution < 1.29 is 4.39 Å². The van der Waals surface area contributed by atoms with Gasteiger partial charge in [0.1, 0.15) is 11.9 Å². The summed E-state index contributed by atoms with van der Waals surface area (Å²) >= 11 is 3.42. The van der Waals surface area contributed by atoms with Gasteiger partial charge in [-0.25, -0.2) is 4.39 Å². The molecule has 1 N–H and O–H groups in total. The van der Waals surface area contributed by atoms with Crippen LogP contribution in [0.1, 0.15) is 16.7 Å². The van der Waals surface area contributed by atoms with Crippen molar-refractivity contribution >= 4 is 21.6 Å². The van der Waals surface area contributed by atoms with Crippen molar-refractivity contribution in [2.75, 3.05) is 5.32 Å². The van der Waals surface area contributed by atoms with Gasteiger partial charge in [0.15, 0.2) is 0 Å². The molecule has 2 aromatic carbocycles. The summed E-state index contributed by atoms with van der Waals surface area (Å²) in [5, 5.41) is 11.9. The zero-order valence-corrected chi connectivity index (χ0v) is 12.0. The van der Waals surface area contributed by atoms with Crippen LogP contribution in [0.5, 0.6) is 0 Å². The highest BCUT2D eigenvalue weighted by atomic mass is 79.9. The maximum atomic E-state index is 13.9. The zero-order chi connectivity index (χ0) is 13.8. The van der Waals surface area contributed by atoms with E-state index in [0.29, 0.717) is 12.1 Å². The highest BCUT2D eigenvalue weighted by Crippen LogP contribution is 2.20. The lowest BCUT2D eigenvalue weighted by Crippen LogP contribution is -2.03. The number of nitrogens with one attached hydrogen (secondary N) is 1. The van der Waals surface area contributed by atoms with Gasteiger partial charge < -0.3 is 5.32 Å². The number of nitriles is 1. The third kappa shape index (κ3) is 3.33. The quantitative estimate of drug-likeness (QED) is 0.911. The van der Waals surface area contributed by atoms with Crippen LogP contribution in [0.2, 0.25) is 0 Å². The molecule has 2 nitrogen and oxygen atoms in total. The number of nitrogens with zero attached hydrogens (tertiary/aromatic N) is 1. The Balaban J connectivity index is 2.17. The third-order valence-electron chi connectivity index (χ3n) is 2.72. The van der Waals surface area contributed by atoms with E-state index >= 15 is 0 Å². The molecule has 2 rings (SSSR count). The van der Waals surface area contributed by atoms with Gasteiger partial charge >= 0.3 is 0 Å². The Bertz CT molecular complexity index is 627. The average molecular weight is 319 g/mol. The van der Waals surface area contributed by atoms with Crippen molar-refractivity contribution in [2.45, 2.75) is 13.5 Å². The van der Waals surface area contributed by atoms with E-state index in [-0.39, 0.29) is 5.56 Å². The van der Waals surface area contributed by atoms with Crippen LogP contribution in [0.25, 0.3) is 0 Å². The Morgan fingerprint density at radius 3 is 2.79 bits per heavy atom. The van der Waals surface area contributed by atoms with Gasteiger partial charge in [-0.3, -0.25) is 0 Å². The Morgan fingerprint density at radius 2 is 2.11 bits per heavy atom. The highest BCUT2D eigenvalue weighted by molar-refractivity contribution is 9.10. The van der Waals surface area contributed by atoms with Crippen LogP contribution >= 0.6 is 15.9 Å². The van der Waals surface area contributed by atoms with Gasteiger partial charge in [0.25, 0.3) is 0 Å². The maximum Gasteiger partial charge on any atom is 0.145 e. The zero-order valence-electron chi connectivity index (χ0n) is 10.4. The van der Waals surface area contributed by atoms with Crippen LogP contribution in [-0.2, 0) is 6.54 Å². The fraction of sp³-hybridized carbons (Fsp3) is 0.133. The monoisotopic (exact) mass is 318 g/mol. The van der Waals surface area contributed by atoms with Crippen molar-refractivity contribution in [1.29, 1.82) is 5.26 Å². The molecule has 0 radical (unpaired) electrons. The minimum atomic E-state index is -0.454. The lowest BCUT2D eigenvalue weighted by atomic mass is 10.1. The minimum Gasteiger partial charge on any atom is -0.381 e. The fourth-order valence-corrected chi connectivity index (χ4v) is 2.45. The van der Waals surface area contributed by atoms with Crippen LogP contribution in [0, 0.1) is 24.1 Å². The van der Waals surface area contributed by atoms with Gasteiger partial charge in [0.2, 0.25) is 0 Å². The number of halogens is 2. The van der Waals surface area contributed by atoms with Crippen molar-refractivity contribution in [3.63, 3.8) is 0 Å². The minimum absolute atomic E-state index is 0.0738. The first-order valence-electron chi connectivity index (χ1n) is 5.78. The summed E-state index contributed by atoms with van der Waals surface area (Å²) in [6, 6.07) is 12.6. The Hall–Kier alpha value is -1.86. The van der Waals surface area contributed by atoms with Crippen LogP contribution in [-0.4, -0.2) is 0 Å². The van der Waals surface area contributed by atoms with Crippen LogP contribution in [0.3, 0.4) is 0 Å². The number of aryl methyl sites for hydroxylation is 1. The van der Waals surface area contributed by atoms with Crippen molar-refractivity contribution in [1.82, 2.24) is 0 Å². The molecular formula is C15H12BrFN2. The van der Waals surface area contributed by atoms with E-state index in [0.717, 1.165) is 15.7 Å². The molecule has 0 unspecified atom stereocenters. The van der Waals surface area contributed by atoms with Gasteiger partial charge in [-0.05, 0) is 36.8 Å². The summed E-state index contributed by atoms with van der Waals surface area (Å²) in [4.78, 5) is 0. The number of benzene rings is 2. The van der Waals surface area contributed by atoms with Gasteiger partial charge in [-0.15, -0.1) is 0 Å². The second-order valence-electron chi connectivity index (χ2n) is 4.26. The van der Waals surface area contributed by atoms with Crippen LogP contribution < -0.4 is 5.32 Å². The second-order valence-corrected chi connectivity index (χ2v) is 5.18. The van der Waals surface area contributed by atoms with E-state index in [1.54, 1.807) is 12.1 Å². The molecule has 4 heteroatoms. The molecule has 0 aromatic heterocycles. The topological polar surface area (TPSA) is 35.8 Å². The molecule has 0 saturated heterocycles. The summed E-state index contributed by atoms with van der Waals surface area (Å²) in [5.74, 6) is -0.454. The lowest BCUT2D eigenvalue weighted by Gasteiger charge is -2.09. The molecule has 0 bridgehead atoms. The van der Waals surface area contributed by atoms with Crippen molar-refractivity contribution in [2.24, 2.45) is 0 Å². The number of rotatable bonds is 3. The summed E-state index contributed by atoms with van der Waals surface area (Å²) in [5.41, 5.74) is 2.58. The molecular weight excluding hydrogens is 307 g/mol. The van der Waals surface area contributed by atoms with E-state index < -0.39 is 5.82 Å². The largest absolute Gasteiger partial charge is 0.381 e. The van der Waals surface area contributed by atoms with E-state index in [2.05, 4.69) is 21.2 Å². The summed E-state index contributed by atoms with van der Waals surface area (Å²) in [6.07, 6.45) is 0. The molecule has 0 saturated carbocycles. The highest BCUT2D eigenvalue weighted by Gasteiger charge is 2.07. The summed E-state index contributed by atoms with van der Waals surface area (Å²) in [7, 11) is 0. The molecule has 19 heavy (non-hydrogen) atoms. The maximum absolute atomic E-state index is 13.9. The summed E-state index contributed by atoms with van der Waals surface area (Å²) < 4.78 is 14.8. The standard InChI is InChI=1S/C15H12BrFN2/c1-10-5-13(16)7-14(6-10)19-9-12-4-2-3-11(8-18)15(12)17/h2-7,19H,9H2,1H3. The van der Waals surface area contributed by atoms with Crippen LogP contribution in [0.15, 0.2) is 40.9 Å². The average Bonchev–Trinajstić information content (AvgIpc) is 2.36. The molecule has 0 amide bonds. The van der Waals surface area contributed by atoms with E-state index in [1.165, 1.54) is 6.07 Å². The Kier molecular flexibility index (Phi) is 4.18. The predicted molar refractivity (Wildman–Crippen MR) is 77.3 cm³/mol. The first-order chi connectivity index (χ1) is 9.10. The Morgan fingerprint density at radius 1 is 1.32 bits per heavy atom. The second kappa shape index (κ2) is 5.85. The molecule has 0 spiro atoms. The number of hydrogen-bond acceptors (Lipinski definition) is 2. The first-order valence-corrected chi connectivity index (χ1v) is 6.58. The van der Waals surface area contributed by atoms with Crippen LogP contribution in [0.4, 0.5) is 10.1 Å². The smallest absolute Gasteiger partial charge is 0.145 e. The Labute approximate surface area is 120 Å². The third-order valence-corrected chi connectivity index (χ3v) is 3.18. The lowest BCUT2D eigenvalue weighted by molar-refractivity contribution is 0.609. The van der Waals surface area contributed by atoms with Crippen molar-refractivity contribution in [3.05, 3.63) is 63.4 Å². The van der Waals surface area contributed by atoms with Gasteiger partial charge in [0, 0.05) is 22.3 Å². The summed E-state index contributed by atoms with van der Waals surface area (Å²) in [6.45, 7) is 2.34. The van der Waals surface area contributed by atoms with Crippen molar-refractivity contribution in [3.8, 4) is 6.07 Å². The first kappa shape index (κ1) is 13.6. The molecule has 0 atom stereocenters. The SMILES string of the molecule is Cc1cc(Br)cc(NCc2cccc(C#N)c2F)c1. The number of anilines is 1. The molecule has 96 valence electrons. The van der Waals surface area contributed by atoms with Gasteiger partial charge in [0.05, 0.1) is 5.56 Å². The van der Waals surface area contributed by atoms with E-state index in [9.17, 15) is 4.39 Å². The van der Waals surface area contributed by atoms with E-state index in [4.69, 9.17) is 5.26 Å². The van der Waals surface area contributed by atoms with E-state index in [1.807, 2.05) is 31.2 Å². The van der Waals surface area contributed by atoms with Gasteiger partial charge in [-0.2, -0.15) is 5.26 Å². The molecule has 0 fully saturated rings. The molecule has 0 heterocycles. The van der Waals surface area contributed by atoms with Gasteiger partial charge in [-0.1, -0.05) is 28.1 Å². The fourth-order valence-electron chi connectivity index (χ4n) is 1.84. The number of hydrogen-bond donors (Lipinski definition) is 1. The molecule has 2 aromatic rings. The molecule has 0 aliphatic carbocycles.